The molecule has 6 rings (SSSR count). The fraction of sp³-hybridized carbons (Fsp3) is 0.265. The van der Waals surface area contributed by atoms with Crippen molar-refractivity contribution in [2.24, 2.45) is 0 Å². The lowest BCUT2D eigenvalue weighted by Gasteiger charge is -2.24. The number of benzene rings is 3. The van der Waals surface area contributed by atoms with Gasteiger partial charge in [0.1, 0.15) is 24.0 Å². The molecule has 48 heavy (non-hydrogen) atoms. The van der Waals surface area contributed by atoms with Gasteiger partial charge in [-0.05, 0) is 55.7 Å². The van der Waals surface area contributed by atoms with E-state index in [2.05, 4.69) is 4.98 Å². The molecule has 14 heteroatoms. The summed E-state index contributed by atoms with van der Waals surface area (Å²) in [5, 5.41) is 0.0876. The number of fused-ring (bicyclic) bond motifs is 1. The average Bonchev–Trinajstić information content (AvgIpc) is 3.85. The zero-order valence-electron chi connectivity index (χ0n) is 25.9. The van der Waals surface area contributed by atoms with E-state index < -0.39 is 11.9 Å². The Bertz CT molecular complexity index is 1850. The number of Topliss-reactive ketones (excluding diaryl/α,β-unsaturated/α-hetero) is 1. The van der Waals surface area contributed by atoms with E-state index in [-0.39, 0.29) is 62.7 Å². The number of ketones is 1. The molecule has 0 radical (unpaired) electrons. The number of imidazole rings is 1. The maximum Gasteiger partial charge on any atom is 0.291 e. The van der Waals surface area contributed by atoms with E-state index >= 15 is 0 Å². The molecule has 1 aromatic heterocycles. The number of hydrogen-bond donors (Lipinski definition) is 0. The summed E-state index contributed by atoms with van der Waals surface area (Å²) in [6.07, 6.45) is 5.01. The summed E-state index contributed by atoms with van der Waals surface area (Å²) in [6.45, 7) is 3.69. The van der Waals surface area contributed by atoms with Gasteiger partial charge in [0.25, 0.3) is 16.4 Å². The van der Waals surface area contributed by atoms with Crippen molar-refractivity contribution < 1.29 is 28.0 Å². The number of carbonyl (C=O) groups excluding carboxylic acids is 4. The van der Waals surface area contributed by atoms with Crippen LogP contribution >= 0.6 is 46.7 Å². The molecule has 0 N–H and O–H groups in total. The number of hydrogen-bond acceptors (Lipinski definition) is 7. The molecule has 2 aliphatic heterocycles. The predicted molar refractivity (Wildman–Crippen MR) is 185 cm³/mol. The van der Waals surface area contributed by atoms with E-state index in [1.165, 1.54) is 22.0 Å². The smallest absolute Gasteiger partial charge is 0.291 e. The highest BCUT2D eigenvalue weighted by atomic mass is 35.5. The van der Waals surface area contributed by atoms with Gasteiger partial charge in [-0.1, -0.05) is 77.1 Å². The van der Waals surface area contributed by atoms with E-state index in [0.717, 1.165) is 23.5 Å². The Hall–Kier alpha value is -3.71. The molecule has 0 bridgehead atoms. The largest absolute Gasteiger partial charge is 0.326 e. The number of aryl methyl sites for hydroxylation is 2. The van der Waals surface area contributed by atoms with E-state index in [4.69, 9.17) is 23.2 Å². The number of halogens is 4. The van der Waals surface area contributed by atoms with Crippen molar-refractivity contribution >= 4 is 68.9 Å². The number of amides is 2. The number of nitrogens with zero attached hydrogens (tertiary/aromatic N) is 4. The average molecular weight is 732 g/mol. The number of likely N-dealkylation sites (tertiary alicyclic amines) is 2. The highest BCUT2D eigenvalue weighted by Crippen LogP contribution is 2.35. The van der Waals surface area contributed by atoms with E-state index in [1.54, 1.807) is 73.5 Å². The van der Waals surface area contributed by atoms with Crippen LogP contribution in [0.2, 0.25) is 10.0 Å². The Morgan fingerprint density at radius 2 is 1.44 bits per heavy atom. The van der Waals surface area contributed by atoms with Gasteiger partial charge in [-0.3, -0.25) is 23.7 Å². The summed E-state index contributed by atoms with van der Waals surface area (Å²) in [4.78, 5) is 56.9. The summed E-state index contributed by atoms with van der Waals surface area (Å²) >= 11 is 13.9. The molecule has 0 aliphatic carbocycles. The van der Waals surface area contributed by atoms with Crippen LogP contribution in [-0.2, 0) is 16.3 Å². The lowest BCUT2D eigenvalue weighted by atomic mass is 10.1. The van der Waals surface area contributed by atoms with Crippen LogP contribution in [0.1, 0.15) is 39.0 Å². The topological polar surface area (TPSA) is 92.6 Å². The summed E-state index contributed by atoms with van der Waals surface area (Å²) in [6, 6.07) is 14.3. The maximum absolute atomic E-state index is 14.3. The maximum atomic E-state index is 14.3. The third-order valence-corrected chi connectivity index (χ3v) is 10.6. The first kappa shape index (κ1) is 35.6. The predicted octanol–water partition coefficient (Wildman–Crippen LogP) is 8.19. The molecule has 2 fully saturated rings. The molecule has 3 heterocycles. The van der Waals surface area contributed by atoms with Crippen LogP contribution < -0.4 is 0 Å². The van der Waals surface area contributed by atoms with Crippen molar-refractivity contribution in [2.45, 2.75) is 43.9 Å². The summed E-state index contributed by atoms with van der Waals surface area (Å²) in [5.74, 6) is -0.835. The molecular weight excluding hydrogens is 701 g/mol. The first-order chi connectivity index (χ1) is 23.0. The minimum atomic E-state index is -0.643. The third kappa shape index (κ3) is 7.78. The lowest BCUT2D eigenvalue weighted by Crippen LogP contribution is -2.42. The molecule has 0 unspecified atom stereocenters. The molecule has 3 aromatic carbocycles. The van der Waals surface area contributed by atoms with Gasteiger partial charge in [0.05, 0.1) is 12.6 Å². The molecule has 8 nitrogen and oxygen atoms in total. The van der Waals surface area contributed by atoms with Crippen molar-refractivity contribution in [2.75, 3.05) is 13.1 Å². The second-order valence-electron chi connectivity index (χ2n) is 11.2. The van der Waals surface area contributed by atoms with Gasteiger partial charge in [-0.15, -0.1) is 0 Å². The summed E-state index contributed by atoms with van der Waals surface area (Å²) in [7, 11) is 0. The quantitative estimate of drug-likeness (QED) is 0.204. The SMILES string of the molecule is Cc1ccc(Cl)c(CSC(=O)N2CC[C@@H]3[C@H]2C(=O)CN3C(=O)c2ccccc2)c1F.Cc1ccc(Cl)c(CSC(=O)n2ccnc2)c1F. The van der Waals surface area contributed by atoms with Crippen LogP contribution in [0.4, 0.5) is 18.4 Å². The Kier molecular flexibility index (Phi) is 11.6. The third-order valence-electron chi connectivity index (χ3n) is 8.09. The van der Waals surface area contributed by atoms with Gasteiger partial charge >= 0.3 is 0 Å². The Balaban J connectivity index is 0.000000214. The van der Waals surface area contributed by atoms with Crippen molar-refractivity contribution in [1.29, 1.82) is 0 Å². The first-order valence-corrected chi connectivity index (χ1v) is 17.5. The summed E-state index contributed by atoms with van der Waals surface area (Å²) < 4.78 is 29.5. The van der Waals surface area contributed by atoms with Crippen LogP contribution in [0, 0.1) is 25.5 Å². The minimum absolute atomic E-state index is 0.00412. The van der Waals surface area contributed by atoms with Crippen molar-refractivity contribution in [3.05, 3.63) is 123 Å². The van der Waals surface area contributed by atoms with E-state index in [1.807, 2.05) is 6.07 Å². The van der Waals surface area contributed by atoms with Gasteiger partial charge in [0, 0.05) is 57.2 Å². The fourth-order valence-electron chi connectivity index (χ4n) is 5.53. The highest BCUT2D eigenvalue weighted by molar-refractivity contribution is 8.13. The molecule has 0 saturated carbocycles. The lowest BCUT2D eigenvalue weighted by molar-refractivity contribution is -0.119. The number of rotatable bonds is 5. The van der Waals surface area contributed by atoms with Crippen LogP contribution in [0.15, 0.2) is 73.3 Å². The van der Waals surface area contributed by atoms with Crippen LogP contribution in [0.25, 0.3) is 0 Å². The van der Waals surface area contributed by atoms with E-state index in [0.29, 0.717) is 40.2 Å². The number of aromatic nitrogens is 2. The van der Waals surface area contributed by atoms with Crippen molar-refractivity contribution in [3.8, 4) is 0 Å². The van der Waals surface area contributed by atoms with Gasteiger partial charge in [0.15, 0.2) is 5.78 Å². The zero-order valence-corrected chi connectivity index (χ0v) is 29.0. The van der Waals surface area contributed by atoms with Gasteiger partial charge < -0.3 is 9.80 Å². The normalized spacial score (nSPS) is 16.8. The fourth-order valence-corrected chi connectivity index (χ4v) is 7.84. The Labute approximate surface area is 294 Å². The summed E-state index contributed by atoms with van der Waals surface area (Å²) in [5.41, 5.74) is 2.14. The van der Waals surface area contributed by atoms with Gasteiger partial charge in [0.2, 0.25) is 0 Å². The molecule has 2 saturated heterocycles. The highest BCUT2D eigenvalue weighted by Gasteiger charge is 2.51. The Morgan fingerprint density at radius 3 is 2.00 bits per heavy atom. The molecule has 4 aromatic rings. The van der Waals surface area contributed by atoms with Gasteiger partial charge in [-0.25, -0.2) is 13.8 Å². The van der Waals surface area contributed by atoms with E-state index in [9.17, 15) is 28.0 Å². The molecular formula is C34H30Cl2F2N4O4S2. The zero-order chi connectivity index (χ0) is 34.5. The van der Waals surface area contributed by atoms with Gasteiger partial charge in [-0.2, -0.15) is 0 Å². The van der Waals surface area contributed by atoms with Crippen molar-refractivity contribution in [1.82, 2.24) is 19.4 Å². The van der Waals surface area contributed by atoms with Crippen molar-refractivity contribution in [3.63, 3.8) is 0 Å². The van der Waals surface area contributed by atoms with Crippen LogP contribution in [-0.4, -0.2) is 66.7 Å². The monoisotopic (exact) mass is 730 g/mol. The molecule has 2 aliphatic rings. The number of carbonyl (C=O) groups is 4. The Morgan fingerprint density at radius 1 is 0.854 bits per heavy atom. The molecule has 0 spiro atoms. The first-order valence-electron chi connectivity index (χ1n) is 14.8. The number of thioether (sulfide) groups is 2. The second-order valence-corrected chi connectivity index (χ2v) is 13.8. The van der Waals surface area contributed by atoms with Crippen LogP contribution in [0.3, 0.4) is 0 Å². The van der Waals surface area contributed by atoms with Crippen LogP contribution in [0.5, 0.6) is 0 Å². The molecule has 2 amide bonds. The second kappa shape index (κ2) is 15.7. The molecule has 2 atom stereocenters. The minimum Gasteiger partial charge on any atom is -0.326 e. The molecule has 250 valence electrons. The standard InChI is InChI=1S/C22H20ClFN2O3S.C12H10ClFN2OS/c1-13-7-8-16(23)15(19(13)24)12-30-22(29)25-10-9-17-20(25)18(27)11-26(17)21(28)14-5-3-2-4-6-14;1-8-2-3-10(13)9(11(8)14)6-18-12(17)16-5-4-15-7-16/h2-8,17,20H,9-12H2,1H3;2-5,7H,6H2,1H3/t17-,20+;/m1./s1.